The molecule has 0 N–H and O–H groups in total. The van der Waals surface area contributed by atoms with E-state index in [2.05, 4.69) is 0 Å². The van der Waals surface area contributed by atoms with Crippen LogP contribution < -0.4 is 18.9 Å². The summed E-state index contributed by atoms with van der Waals surface area (Å²) in [5, 5.41) is 0. The van der Waals surface area contributed by atoms with Gasteiger partial charge in [0.1, 0.15) is 34.1 Å². The molecule has 0 bridgehead atoms. The summed E-state index contributed by atoms with van der Waals surface area (Å²) in [5.74, 6) is 0.816. The highest BCUT2D eigenvalue weighted by molar-refractivity contribution is 7.95. The molecule has 0 aliphatic carbocycles. The summed E-state index contributed by atoms with van der Waals surface area (Å²) in [4.78, 5) is 27.1. The van der Waals surface area contributed by atoms with E-state index < -0.39 is 18.2 Å². The summed E-state index contributed by atoms with van der Waals surface area (Å²) in [6, 6.07) is 9.61. The molecule has 0 saturated heterocycles. The molecule has 1 unspecified atom stereocenters. The second-order valence-electron chi connectivity index (χ2n) is 6.20. The van der Waals surface area contributed by atoms with E-state index in [1.165, 1.54) is 14.2 Å². The lowest BCUT2D eigenvalue weighted by Crippen LogP contribution is -2.16. The number of hydrogen-bond acceptors (Lipinski definition) is 7. The van der Waals surface area contributed by atoms with Crippen molar-refractivity contribution in [2.24, 2.45) is 0 Å². The van der Waals surface area contributed by atoms with E-state index in [9.17, 15) is 14.2 Å². The van der Waals surface area contributed by atoms with Crippen molar-refractivity contribution in [3.05, 3.63) is 47.5 Å². The predicted molar refractivity (Wildman–Crippen MR) is 115 cm³/mol. The van der Waals surface area contributed by atoms with Gasteiger partial charge in [-0.3, -0.25) is 9.59 Å². The third-order valence-corrected chi connectivity index (χ3v) is 7.19. The Kier molecular flexibility index (Phi) is 8.07. The normalized spacial score (nSPS) is 12.6. The monoisotopic (exact) mass is 434 g/mol. The van der Waals surface area contributed by atoms with Crippen molar-refractivity contribution in [3.63, 3.8) is 0 Å². The van der Waals surface area contributed by atoms with Crippen LogP contribution in [0.2, 0.25) is 0 Å². The molecule has 162 valence electrons. The summed E-state index contributed by atoms with van der Waals surface area (Å²) in [6.07, 6.45) is -0.169. The van der Waals surface area contributed by atoms with Crippen LogP contribution in [0, 0.1) is 0 Å². The lowest BCUT2D eigenvalue weighted by molar-refractivity contribution is 0.103. The van der Waals surface area contributed by atoms with E-state index in [4.69, 9.17) is 18.9 Å². The summed E-state index contributed by atoms with van der Waals surface area (Å²) >= 11 is 0. The average Bonchev–Trinajstić information content (AvgIpc) is 2.77. The number of methoxy groups -OCH3 is 2. The van der Waals surface area contributed by atoms with Gasteiger partial charge in [0, 0.05) is 6.16 Å². The van der Waals surface area contributed by atoms with Gasteiger partial charge in [-0.15, -0.1) is 0 Å². The second-order valence-corrected chi connectivity index (χ2v) is 9.12. The van der Waals surface area contributed by atoms with Crippen LogP contribution >= 0.6 is 7.14 Å². The molecule has 0 saturated carbocycles. The molecule has 2 aromatic carbocycles. The van der Waals surface area contributed by atoms with Crippen LogP contribution in [-0.4, -0.2) is 44.6 Å². The molecular weight excluding hydrogens is 407 g/mol. The molecule has 0 radical (unpaired) electrons. The zero-order valence-corrected chi connectivity index (χ0v) is 18.8. The first-order valence-electron chi connectivity index (χ1n) is 9.67. The number of benzene rings is 2. The van der Waals surface area contributed by atoms with Gasteiger partial charge < -0.3 is 23.5 Å². The maximum atomic E-state index is 13.9. The van der Waals surface area contributed by atoms with Gasteiger partial charge in [-0.25, -0.2) is 0 Å². The van der Waals surface area contributed by atoms with E-state index in [0.29, 0.717) is 13.2 Å². The Morgan fingerprint density at radius 3 is 1.43 bits per heavy atom. The molecule has 0 aliphatic heterocycles. The van der Waals surface area contributed by atoms with Crippen molar-refractivity contribution >= 4 is 18.2 Å². The van der Waals surface area contributed by atoms with E-state index >= 15 is 0 Å². The molecule has 0 fully saturated rings. The summed E-state index contributed by atoms with van der Waals surface area (Å²) < 4.78 is 35.6. The van der Waals surface area contributed by atoms with Gasteiger partial charge in [0.25, 0.3) is 0 Å². The lowest BCUT2D eigenvalue weighted by Gasteiger charge is -2.20. The average molecular weight is 434 g/mol. The molecule has 0 spiro atoms. The fourth-order valence-electron chi connectivity index (χ4n) is 3.08. The molecule has 30 heavy (non-hydrogen) atoms. The van der Waals surface area contributed by atoms with Crippen LogP contribution in [0.1, 0.15) is 41.5 Å². The smallest absolute Gasteiger partial charge is 0.236 e. The highest BCUT2D eigenvalue weighted by atomic mass is 31.2. The Hall–Kier alpha value is -2.79. The van der Waals surface area contributed by atoms with Crippen molar-refractivity contribution in [3.8, 4) is 23.0 Å². The second kappa shape index (κ2) is 10.3. The molecule has 0 aromatic heterocycles. The molecule has 1 atom stereocenters. The third-order valence-electron chi connectivity index (χ3n) is 4.54. The van der Waals surface area contributed by atoms with Gasteiger partial charge >= 0.3 is 0 Å². The van der Waals surface area contributed by atoms with Crippen LogP contribution in [0.15, 0.2) is 36.4 Å². The fraction of sp³-hybridized carbons (Fsp3) is 0.364. The molecule has 8 heteroatoms. The van der Waals surface area contributed by atoms with Crippen molar-refractivity contribution in [1.82, 2.24) is 0 Å². The topological polar surface area (TPSA) is 88.1 Å². The van der Waals surface area contributed by atoms with E-state index in [0.717, 1.165) is 0 Å². The fourth-order valence-corrected chi connectivity index (χ4v) is 5.00. The highest BCUT2D eigenvalue weighted by Crippen LogP contribution is 2.56. The Bertz CT molecular complexity index is 921. The van der Waals surface area contributed by atoms with Crippen LogP contribution in [0.4, 0.5) is 0 Å². The Morgan fingerprint density at radius 1 is 0.733 bits per heavy atom. The van der Waals surface area contributed by atoms with Gasteiger partial charge in [-0.1, -0.05) is 19.1 Å². The number of carbonyl (C=O) groups is 2. The molecular formula is C22H27O7P. The molecule has 0 amide bonds. The molecule has 7 nitrogen and oxygen atoms in total. The first kappa shape index (κ1) is 23.5. The number of ether oxygens (including phenoxy) is 4. The third kappa shape index (κ3) is 4.36. The largest absolute Gasteiger partial charge is 0.496 e. The van der Waals surface area contributed by atoms with Crippen LogP contribution in [0.3, 0.4) is 0 Å². The lowest BCUT2D eigenvalue weighted by atomic mass is 10.2. The zero-order valence-electron chi connectivity index (χ0n) is 17.9. The van der Waals surface area contributed by atoms with Crippen LogP contribution in [0.25, 0.3) is 0 Å². The van der Waals surface area contributed by atoms with E-state index in [-0.39, 0.29) is 40.3 Å². The highest BCUT2D eigenvalue weighted by Gasteiger charge is 2.44. The van der Waals surface area contributed by atoms with Crippen molar-refractivity contribution in [2.75, 3.05) is 33.6 Å². The first-order valence-corrected chi connectivity index (χ1v) is 11.6. The standard InChI is InChI=1S/C22H27O7P/c1-6-28-17-13-10-14-18(29-7-2)20(17)22(24)30(25,8-3)21(23)19-15(26-4)11-9-12-16(19)27-5/h9-14H,6-8H2,1-5H3. The number of rotatable bonds is 11. The van der Waals surface area contributed by atoms with Crippen molar-refractivity contribution in [1.29, 1.82) is 0 Å². The van der Waals surface area contributed by atoms with E-state index in [1.807, 2.05) is 0 Å². The molecule has 0 aliphatic rings. The number of hydrogen-bond donors (Lipinski definition) is 0. The van der Waals surface area contributed by atoms with Gasteiger partial charge in [0.2, 0.25) is 18.2 Å². The van der Waals surface area contributed by atoms with Gasteiger partial charge in [0.15, 0.2) is 0 Å². The summed E-state index contributed by atoms with van der Waals surface area (Å²) in [6.45, 7) is 5.67. The minimum absolute atomic E-state index is 0.00796. The van der Waals surface area contributed by atoms with Crippen LogP contribution in [0.5, 0.6) is 23.0 Å². The first-order chi connectivity index (χ1) is 14.4. The van der Waals surface area contributed by atoms with Crippen molar-refractivity contribution in [2.45, 2.75) is 20.8 Å². The minimum atomic E-state index is -4.11. The van der Waals surface area contributed by atoms with E-state index in [1.54, 1.807) is 57.2 Å². The SMILES string of the molecule is CCOc1cccc(OCC)c1C(=O)P(=O)(CC)C(=O)c1c(OC)cccc1OC. The minimum Gasteiger partial charge on any atom is -0.496 e. The maximum Gasteiger partial charge on any atom is 0.236 e. The van der Waals surface area contributed by atoms with Gasteiger partial charge in [0.05, 0.1) is 27.4 Å². The summed E-state index contributed by atoms with van der Waals surface area (Å²) in [5.41, 5.74) is -1.64. The zero-order chi connectivity index (χ0) is 22.3. The van der Waals surface area contributed by atoms with Crippen molar-refractivity contribution < 1.29 is 33.1 Å². The molecule has 2 aromatic rings. The summed E-state index contributed by atoms with van der Waals surface area (Å²) in [7, 11) is -1.32. The maximum absolute atomic E-state index is 13.9. The Balaban J connectivity index is 2.69. The predicted octanol–water partition coefficient (Wildman–Crippen LogP) is 4.86. The Labute approximate surface area is 176 Å². The van der Waals surface area contributed by atoms with Gasteiger partial charge in [-0.05, 0) is 38.1 Å². The number of carbonyl (C=O) groups excluding carboxylic acids is 2. The molecule has 0 heterocycles. The Morgan fingerprint density at radius 2 is 1.10 bits per heavy atom. The van der Waals surface area contributed by atoms with Gasteiger partial charge in [-0.2, -0.15) is 0 Å². The molecule has 2 rings (SSSR count). The quantitative estimate of drug-likeness (QED) is 0.467. The van der Waals surface area contributed by atoms with Crippen LogP contribution in [-0.2, 0) is 4.57 Å².